The Morgan fingerprint density at radius 3 is 2.73 bits per heavy atom. The fourth-order valence-electron chi connectivity index (χ4n) is 3.88. The summed E-state index contributed by atoms with van der Waals surface area (Å²) in [6.45, 7) is 1.89. The van der Waals surface area contributed by atoms with Crippen LogP contribution < -0.4 is 5.32 Å². The number of H-pyrrole nitrogens is 1. The molecule has 3 heterocycles. The molecule has 3 aromatic rings. The van der Waals surface area contributed by atoms with E-state index < -0.39 is 21.8 Å². The predicted molar refractivity (Wildman–Crippen MR) is 126 cm³/mol. The second-order valence-corrected chi connectivity index (χ2v) is 9.38. The quantitative estimate of drug-likeness (QED) is 0.472. The van der Waals surface area contributed by atoms with E-state index in [0.717, 1.165) is 0 Å². The zero-order chi connectivity index (χ0) is 22.3. The third-order valence-corrected chi connectivity index (χ3v) is 6.98. The number of aliphatic imine (C=N–C) groups is 1. The maximum Gasteiger partial charge on any atom is 0.252 e. The van der Waals surface area contributed by atoms with Gasteiger partial charge in [0, 0.05) is 42.6 Å². The molecule has 0 unspecified atom stereocenters. The van der Waals surface area contributed by atoms with Crippen molar-refractivity contribution in [2.75, 3.05) is 32.1 Å². The zero-order valence-corrected chi connectivity index (χ0v) is 18.9. The van der Waals surface area contributed by atoms with Crippen molar-refractivity contribution in [3.8, 4) is 5.88 Å². The maximum atomic E-state index is 13.9. The molecule has 1 aromatic heterocycles. The molecule has 33 heavy (non-hydrogen) atoms. The zero-order valence-electron chi connectivity index (χ0n) is 17.3. The first-order valence-electron chi connectivity index (χ1n) is 10.0. The molecule has 5 rings (SSSR count). The van der Waals surface area contributed by atoms with Gasteiger partial charge in [0.05, 0.1) is 11.3 Å². The smallest absolute Gasteiger partial charge is 0.252 e. The summed E-state index contributed by atoms with van der Waals surface area (Å²) in [5.74, 6) is -1.29. The molecule has 9 nitrogen and oxygen atoms in total. The van der Waals surface area contributed by atoms with Gasteiger partial charge in [-0.2, -0.15) is 4.31 Å². The Morgan fingerprint density at radius 1 is 1.18 bits per heavy atom. The lowest BCUT2D eigenvalue weighted by atomic mass is 10.0. The standard InChI is InChI=1S/C21H20FN5O4S.ClH/c22-13-5-6-17-15(11-13)18(21(28)25-17)20-19(14-3-1-2-4-16(14)24-20)26-31-12-32(29,30)27-9-7-23-8-10-27;/h1-6,11,23,25,28H,7-10,12H2;1H/b26-19+;. The molecule has 3 N–H and O–H groups in total. The fourth-order valence-corrected chi connectivity index (χ4v) is 4.96. The number of hydrogen-bond acceptors (Lipinski definition) is 7. The molecule has 0 saturated carbocycles. The number of piperazine rings is 1. The van der Waals surface area contributed by atoms with E-state index >= 15 is 0 Å². The Morgan fingerprint density at radius 2 is 1.94 bits per heavy atom. The number of rotatable bonds is 5. The lowest BCUT2D eigenvalue weighted by molar-refractivity contribution is 0.183. The predicted octanol–water partition coefficient (Wildman–Crippen LogP) is 2.48. The van der Waals surface area contributed by atoms with Crippen molar-refractivity contribution in [1.29, 1.82) is 0 Å². The summed E-state index contributed by atoms with van der Waals surface area (Å²) < 4.78 is 40.4. The minimum Gasteiger partial charge on any atom is -0.494 e. The second-order valence-electron chi connectivity index (χ2n) is 7.46. The fraction of sp³-hybridized carbons (Fsp3) is 0.238. The van der Waals surface area contributed by atoms with Gasteiger partial charge in [0.2, 0.25) is 5.94 Å². The van der Waals surface area contributed by atoms with Crippen molar-refractivity contribution < 1.29 is 22.8 Å². The summed E-state index contributed by atoms with van der Waals surface area (Å²) in [7, 11) is -3.65. The highest BCUT2D eigenvalue weighted by Crippen LogP contribution is 2.35. The highest BCUT2D eigenvalue weighted by molar-refractivity contribution is 7.88. The Bertz CT molecular complexity index is 1370. The summed E-state index contributed by atoms with van der Waals surface area (Å²) in [6.07, 6.45) is 0. The molecule has 1 saturated heterocycles. The van der Waals surface area contributed by atoms with Crippen LogP contribution in [0, 0.1) is 5.82 Å². The average molecular weight is 494 g/mol. The van der Waals surface area contributed by atoms with Gasteiger partial charge in [-0.1, -0.05) is 23.4 Å². The number of aromatic hydroxyl groups is 1. The van der Waals surface area contributed by atoms with Gasteiger partial charge in [0.1, 0.15) is 17.2 Å². The number of benzene rings is 2. The van der Waals surface area contributed by atoms with E-state index in [1.54, 1.807) is 24.3 Å². The SMILES string of the molecule is Cl.O=S(=O)(CO/N=C1/C(c2c(O)[nH]c3ccc(F)cc23)=Nc2ccccc21)N1CCNCC1. The van der Waals surface area contributed by atoms with Gasteiger partial charge < -0.3 is 20.2 Å². The molecule has 1 fully saturated rings. The van der Waals surface area contributed by atoms with Crippen molar-refractivity contribution in [1.82, 2.24) is 14.6 Å². The highest BCUT2D eigenvalue weighted by Gasteiger charge is 2.30. The summed E-state index contributed by atoms with van der Waals surface area (Å²) >= 11 is 0. The largest absolute Gasteiger partial charge is 0.494 e. The summed E-state index contributed by atoms with van der Waals surface area (Å²) in [5.41, 5.74) is 2.52. The molecule has 0 amide bonds. The third-order valence-electron chi connectivity index (χ3n) is 5.42. The van der Waals surface area contributed by atoms with Crippen LogP contribution in [0.25, 0.3) is 10.9 Å². The molecule has 0 bridgehead atoms. The maximum absolute atomic E-state index is 13.9. The summed E-state index contributed by atoms with van der Waals surface area (Å²) in [4.78, 5) is 12.6. The van der Waals surface area contributed by atoms with Crippen LogP contribution >= 0.6 is 12.4 Å². The van der Waals surface area contributed by atoms with Crippen molar-refractivity contribution >= 4 is 50.4 Å². The van der Waals surface area contributed by atoms with E-state index in [4.69, 9.17) is 4.84 Å². The Hall–Kier alpha value is -2.99. The number of oxime groups is 1. The van der Waals surface area contributed by atoms with Crippen molar-refractivity contribution in [3.63, 3.8) is 0 Å². The number of aromatic amines is 1. The average Bonchev–Trinajstić information content (AvgIpc) is 3.30. The van der Waals surface area contributed by atoms with Crippen LogP contribution in [-0.2, 0) is 14.9 Å². The first-order valence-corrected chi connectivity index (χ1v) is 11.6. The van der Waals surface area contributed by atoms with Crippen molar-refractivity contribution in [3.05, 3.63) is 59.4 Å². The minimum absolute atomic E-state index is 0. The molecule has 2 aliphatic heterocycles. The molecule has 0 radical (unpaired) electrons. The highest BCUT2D eigenvalue weighted by atomic mass is 35.5. The molecule has 0 spiro atoms. The molecular formula is C21H21ClFN5O4S. The van der Waals surface area contributed by atoms with Gasteiger partial charge in [-0.25, -0.2) is 17.8 Å². The van der Waals surface area contributed by atoms with E-state index in [2.05, 4.69) is 20.4 Å². The first-order chi connectivity index (χ1) is 15.4. The number of nitrogens with zero attached hydrogens (tertiary/aromatic N) is 3. The number of hydrogen-bond donors (Lipinski definition) is 3. The van der Waals surface area contributed by atoms with Crippen LogP contribution in [-0.4, -0.2) is 66.4 Å². The molecule has 2 aromatic carbocycles. The van der Waals surface area contributed by atoms with Gasteiger partial charge in [-0.3, -0.25) is 0 Å². The topological polar surface area (TPSA) is 119 Å². The van der Waals surface area contributed by atoms with Crippen LogP contribution in [0.3, 0.4) is 0 Å². The lowest BCUT2D eigenvalue weighted by Gasteiger charge is -2.25. The third kappa shape index (κ3) is 4.32. The van der Waals surface area contributed by atoms with Crippen LogP contribution in [0.4, 0.5) is 10.1 Å². The number of sulfonamides is 1. The van der Waals surface area contributed by atoms with E-state index in [0.29, 0.717) is 48.3 Å². The van der Waals surface area contributed by atoms with E-state index in [1.807, 2.05) is 0 Å². The molecule has 174 valence electrons. The Balaban J connectivity index is 0.00000259. The van der Waals surface area contributed by atoms with Crippen LogP contribution in [0.1, 0.15) is 11.1 Å². The van der Waals surface area contributed by atoms with Gasteiger partial charge in [0.25, 0.3) is 10.0 Å². The normalized spacial score (nSPS) is 17.6. The van der Waals surface area contributed by atoms with E-state index in [1.165, 1.54) is 22.5 Å². The van der Waals surface area contributed by atoms with E-state index in [-0.39, 0.29) is 35.3 Å². The van der Waals surface area contributed by atoms with E-state index in [9.17, 15) is 17.9 Å². The first kappa shape index (κ1) is 23.2. The summed E-state index contributed by atoms with van der Waals surface area (Å²) in [5, 5.41) is 18.2. The number of halogens is 2. The molecule has 0 atom stereocenters. The van der Waals surface area contributed by atoms with Gasteiger partial charge in [-0.15, -0.1) is 12.4 Å². The van der Waals surface area contributed by atoms with Gasteiger partial charge in [-0.05, 0) is 24.3 Å². The molecule has 2 aliphatic rings. The number of para-hydroxylation sites is 1. The van der Waals surface area contributed by atoms with Crippen molar-refractivity contribution in [2.24, 2.45) is 10.1 Å². The monoisotopic (exact) mass is 493 g/mol. The minimum atomic E-state index is -3.65. The van der Waals surface area contributed by atoms with Crippen LogP contribution in [0.2, 0.25) is 0 Å². The second kappa shape index (κ2) is 9.10. The van der Waals surface area contributed by atoms with Gasteiger partial charge >= 0.3 is 0 Å². The van der Waals surface area contributed by atoms with Crippen LogP contribution in [0.5, 0.6) is 5.88 Å². The summed E-state index contributed by atoms with van der Waals surface area (Å²) in [6, 6.07) is 11.2. The van der Waals surface area contributed by atoms with Crippen molar-refractivity contribution in [2.45, 2.75) is 0 Å². The number of fused-ring (bicyclic) bond motifs is 2. The molecule has 12 heteroatoms. The number of nitrogens with one attached hydrogen (secondary N) is 2. The lowest BCUT2D eigenvalue weighted by Crippen LogP contribution is -2.47. The number of aromatic nitrogens is 1. The molecular weight excluding hydrogens is 473 g/mol. The van der Waals surface area contributed by atoms with Crippen LogP contribution in [0.15, 0.2) is 52.6 Å². The van der Waals surface area contributed by atoms with Gasteiger partial charge in [0.15, 0.2) is 5.88 Å². The Kier molecular flexibility index (Phi) is 6.39. The Labute approximate surface area is 195 Å². The molecule has 0 aliphatic carbocycles.